The average Bonchev–Trinajstić information content (AvgIpc) is 2.74. The van der Waals surface area contributed by atoms with Crippen LogP contribution in [0.15, 0.2) is 0 Å². The van der Waals surface area contributed by atoms with Gasteiger partial charge in [0, 0.05) is 12.6 Å². The second-order valence-corrected chi connectivity index (χ2v) is 5.07. The van der Waals surface area contributed by atoms with E-state index < -0.39 is 0 Å². The van der Waals surface area contributed by atoms with E-state index in [1.807, 2.05) is 0 Å². The first kappa shape index (κ1) is 13.8. The number of rotatable bonds is 2. The zero-order valence-electron chi connectivity index (χ0n) is 10.00. The smallest absolute Gasteiger partial charge is 0.224 e. The monoisotopic (exact) mass is 246 g/mol. The van der Waals surface area contributed by atoms with Crippen molar-refractivity contribution < 1.29 is 4.79 Å². The molecule has 1 saturated heterocycles. The quantitative estimate of drug-likeness (QED) is 0.779. The number of carbonyl (C=O) groups is 1. The normalized spacial score (nSPS) is 34.2. The Balaban J connectivity index is 0.00000128. The Morgan fingerprint density at radius 3 is 2.62 bits per heavy atom. The highest BCUT2D eigenvalue weighted by molar-refractivity contribution is 5.85. The number of hydrogen-bond donors (Lipinski definition) is 2. The molecule has 1 aliphatic heterocycles. The van der Waals surface area contributed by atoms with E-state index in [0.29, 0.717) is 12.0 Å². The molecule has 3 unspecified atom stereocenters. The van der Waals surface area contributed by atoms with E-state index in [1.54, 1.807) is 0 Å². The fourth-order valence-corrected chi connectivity index (χ4v) is 2.71. The third kappa shape index (κ3) is 3.36. The van der Waals surface area contributed by atoms with E-state index in [9.17, 15) is 4.79 Å². The molecule has 1 saturated carbocycles. The zero-order valence-corrected chi connectivity index (χ0v) is 10.8. The molecule has 2 fully saturated rings. The van der Waals surface area contributed by atoms with Gasteiger partial charge in [-0.2, -0.15) is 0 Å². The van der Waals surface area contributed by atoms with Crippen molar-refractivity contribution >= 4 is 18.3 Å². The first-order valence-electron chi connectivity index (χ1n) is 6.28. The summed E-state index contributed by atoms with van der Waals surface area (Å²) in [4.78, 5) is 11.9. The average molecular weight is 247 g/mol. The summed E-state index contributed by atoms with van der Waals surface area (Å²) in [6.07, 6.45) is 6.06. The summed E-state index contributed by atoms with van der Waals surface area (Å²) in [5.41, 5.74) is 0. The van der Waals surface area contributed by atoms with Gasteiger partial charge in [0.05, 0.1) is 5.92 Å². The summed E-state index contributed by atoms with van der Waals surface area (Å²) in [6, 6.07) is 0.437. The number of amides is 1. The molecule has 94 valence electrons. The van der Waals surface area contributed by atoms with Crippen LogP contribution in [0.2, 0.25) is 0 Å². The molecule has 0 radical (unpaired) electrons. The second-order valence-electron chi connectivity index (χ2n) is 5.07. The van der Waals surface area contributed by atoms with Gasteiger partial charge in [-0.25, -0.2) is 0 Å². The lowest BCUT2D eigenvalue weighted by Crippen LogP contribution is -2.44. The van der Waals surface area contributed by atoms with Crippen LogP contribution >= 0.6 is 12.4 Å². The van der Waals surface area contributed by atoms with Gasteiger partial charge in [-0.15, -0.1) is 12.4 Å². The maximum absolute atomic E-state index is 11.9. The highest BCUT2D eigenvalue weighted by atomic mass is 35.5. The van der Waals surface area contributed by atoms with Gasteiger partial charge in [0.1, 0.15) is 0 Å². The molecular weight excluding hydrogens is 224 g/mol. The minimum Gasteiger partial charge on any atom is -0.353 e. The third-order valence-electron chi connectivity index (χ3n) is 3.87. The minimum atomic E-state index is 0. The van der Waals surface area contributed by atoms with Crippen LogP contribution < -0.4 is 10.6 Å². The topological polar surface area (TPSA) is 41.1 Å². The van der Waals surface area contributed by atoms with Crippen LogP contribution in [0.4, 0.5) is 0 Å². The predicted molar refractivity (Wildman–Crippen MR) is 67.8 cm³/mol. The molecule has 2 N–H and O–H groups in total. The fourth-order valence-electron chi connectivity index (χ4n) is 2.71. The first-order chi connectivity index (χ1) is 7.27. The Bertz CT molecular complexity index is 229. The Morgan fingerprint density at radius 2 is 2.00 bits per heavy atom. The summed E-state index contributed by atoms with van der Waals surface area (Å²) in [6.45, 7) is 4.13. The number of hydrogen-bond acceptors (Lipinski definition) is 2. The molecule has 2 aliphatic rings. The van der Waals surface area contributed by atoms with Crippen LogP contribution in [-0.4, -0.2) is 25.0 Å². The molecule has 3 nitrogen and oxygen atoms in total. The predicted octanol–water partition coefficient (Wildman–Crippen LogP) is 1.71. The summed E-state index contributed by atoms with van der Waals surface area (Å²) >= 11 is 0. The molecule has 2 rings (SSSR count). The van der Waals surface area contributed by atoms with Crippen molar-refractivity contribution in [3.8, 4) is 0 Å². The maximum atomic E-state index is 11.9. The Kier molecular flexibility index (Phi) is 5.56. The van der Waals surface area contributed by atoms with Gasteiger partial charge < -0.3 is 10.6 Å². The van der Waals surface area contributed by atoms with Crippen molar-refractivity contribution in [2.45, 2.75) is 45.1 Å². The van der Waals surface area contributed by atoms with Crippen molar-refractivity contribution in [2.24, 2.45) is 11.8 Å². The van der Waals surface area contributed by atoms with Gasteiger partial charge in [-0.1, -0.05) is 19.8 Å². The maximum Gasteiger partial charge on any atom is 0.224 e. The molecule has 1 aliphatic carbocycles. The van der Waals surface area contributed by atoms with E-state index in [-0.39, 0.29) is 24.2 Å². The minimum absolute atomic E-state index is 0. The lowest BCUT2D eigenvalue weighted by molar-refractivity contribution is -0.125. The van der Waals surface area contributed by atoms with E-state index in [0.717, 1.165) is 19.5 Å². The number of halogens is 1. The van der Waals surface area contributed by atoms with Gasteiger partial charge in [0.2, 0.25) is 5.91 Å². The largest absolute Gasteiger partial charge is 0.353 e. The molecule has 0 aromatic carbocycles. The highest BCUT2D eigenvalue weighted by Gasteiger charge is 2.27. The summed E-state index contributed by atoms with van der Waals surface area (Å²) in [5, 5.41) is 6.47. The third-order valence-corrected chi connectivity index (χ3v) is 3.87. The first-order valence-corrected chi connectivity index (χ1v) is 6.28. The zero-order chi connectivity index (χ0) is 10.7. The molecule has 1 amide bonds. The van der Waals surface area contributed by atoms with Gasteiger partial charge in [0.15, 0.2) is 0 Å². The fraction of sp³-hybridized carbons (Fsp3) is 0.917. The van der Waals surface area contributed by atoms with Gasteiger partial charge >= 0.3 is 0 Å². The van der Waals surface area contributed by atoms with E-state index in [4.69, 9.17) is 0 Å². The van der Waals surface area contributed by atoms with Crippen molar-refractivity contribution in [2.75, 3.05) is 13.1 Å². The van der Waals surface area contributed by atoms with Crippen molar-refractivity contribution in [3.05, 3.63) is 0 Å². The van der Waals surface area contributed by atoms with Crippen molar-refractivity contribution in [3.63, 3.8) is 0 Å². The summed E-state index contributed by atoms with van der Waals surface area (Å²) in [7, 11) is 0. The van der Waals surface area contributed by atoms with E-state index >= 15 is 0 Å². The van der Waals surface area contributed by atoms with Crippen LogP contribution in [0, 0.1) is 11.8 Å². The second kappa shape index (κ2) is 6.45. The molecule has 0 aromatic heterocycles. The van der Waals surface area contributed by atoms with Crippen LogP contribution in [0.5, 0.6) is 0 Å². The lowest BCUT2D eigenvalue weighted by atomic mass is 9.85. The SMILES string of the molecule is CC1CCCCC1NC(=O)C1CCNC1.Cl. The molecule has 16 heavy (non-hydrogen) atoms. The molecule has 0 bridgehead atoms. The van der Waals surface area contributed by atoms with Crippen molar-refractivity contribution in [1.29, 1.82) is 0 Å². The van der Waals surface area contributed by atoms with Crippen LogP contribution in [0.1, 0.15) is 39.0 Å². The standard InChI is InChI=1S/C12H22N2O.ClH/c1-9-4-2-3-5-11(9)14-12(15)10-6-7-13-8-10;/h9-11,13H,2-8H2,1H3,(H,14,15);1H. The molecule has 0 aromatic rings. The van der Waals surface area contributed by atoms with Crippen LogP contribution in [0.25, 0.3) is 0 Å². The van der Waals surface area contributed by atoms with Crippen LogP contribution in [-0.2, 0) is 4.79 Å². The van der Waals surface area contributed by atoms with Crippen molar-refractivity contribution in [1.82, 2.24) is 10.6 Å². The lowest BCUT2D eigenvalue weighted by Gasteiger charge is -2.30. The number of carbonyl (C=O) groups excluding carboxylic acids is 1. The summed E-state index contributed by atoms with van der Waals surface area (Å²) in [5.74, 6) is 1.16. The van der Waals surface area contributed by atoms with Gasteiger partial charge in [-0.05, 0) is 31.7 Å². The summed E-state index contributed by atoms with van der Waals surface area (Å²) < 4.78 is 0. The van der Waals surface area contributed by atoms with E-state index in [2.05, 4.69) is 17.6 Å². The molecule has 0 spiro atoms. The van der Waals surface area contributed by atoms with Crippen LogP contribution in [0.3, 0.4) is 0 Å². The van der Waals surface area contributed by atoms with E-state index in [1.165, 1.54) is 25.7 Å². The molecular formula is C12H23ClN2O. The molecule has 4 heteroatoms. The number of nitrogens with one attached hydrogen (secondary N) is 2. The molecule has 1 heterocycles. The molecule has 3 atom stereocenters. The Labute approximate surface area is 104 Å². The highest BCUT2D eigenvalue weighted by Crippen LogP contribution is 2.24. The van der Waals surface area contributed by atoms with Gasteiger partial charge in [0.25, 0.3) is 0 Å². The van der Waals surface area contributed by atoms with Gasteiger partial charge in [-0.3, -0.25) is 4.79 Å². The Hall–Kier alpha value is -0.280. The Morgan fingerprint density at radius 1 is 1.25 bits per heavy atom.